The smallest absolute Gasteiger partial charge is 0.338 e. The number of aliphatic imine (C=N–C) groups is 1. The molecule has 3 aliphatic heterocycles. The molecule has 3 aliphatic rings. The van der Waals surface area contributed by atoms with Crippen LogP contribution in [0.2, 0.25) is 0 Å². The van der Waals surface area contributed by atoms with Crippen molar-refractivity contribution in [1.82, 2.24) is 9.80 Å². The Labute approximate surface area is 239 Å². The fourth-order valence-electron chi connectivity index (χ4n) is 5.14. The molecule has 4 rings (SSSR count). The van der Waals surface area contributed by atoms with Crippen LogP contribution in [0.15, 0.2) is 45.6 Å². The number of likely N-dealkylation sites (tertiary alicyclic amines) is 1. The molecule has 11 heteroatoms. The van der Waals surface area contributed by atoms with E-state index in [4.69, 9.17) is 23.9 Å². The second-order valence-electron chi connectivity index (χ2n) is 10.0. The zero-order valence-electron chi connectivity index (χ0n) is 23.9. The number of nitrogens with zero attached hydrogens (tertiary/aromatic N) is 3. The van der Waals surface area contributed by atoms with Crippen LogP contribution in [0.25, 0.3) is 0 Å². The predicted octanol–water partition coefficient (Wildman–Crippen LogP) is 4.42. The Kier molecular flexibility index (Phi) is 9.44. The van der Waals surface area contributed by atoms with Gasteiger partial charge in [-0.15, -0.1) is 0 Å². The molecule has 0 aliphatic carbocycles. The van der Waals surface area contributed by atoms with Crippen molar-refractivity contribution in [3.8, 4) is 11.5 Å². The maximum absolute atomic E-state index is 13.4. The second-order valence-corrected chi connectivity index (χ2v) is 10.9. The first-order chi connectivity index (χ1) is 19.2. The minimum atomic E-state index is -0.581. The molecule has 0 saturated carbocycles. The van der Waals surface area contributed by atoms with Crippen LogP contribution in [0.5, 0.6) is 11.5 Å². The van der Waals surface area contributed by atoms with Crippen LogP contribution < -0.4 is 9.47 Å². The van der Waals surface area contributed by atoms with Crippen LogP contribution in [-0.2, 0) is 23.9 Å². The summed E-state index contributed by atoms with van der Waals surface area (Å²) < 4.78 is 21.8. The molecule has 0 radical (unpaired) electrons. The van der Waals surface area contributed by atoms with Crippen molar-refractivity contribution < 1.29 is 33.3 Å². The van der Waals surface area contributed by atoms with Crippen molar-refractivity contribution >= 4 is 34.8 Å². The maximum Gasteiger partial charge on any atom is 0.338 e. The van der Waals surface area contributed by atoms with Crippen LogP contribution in [0, 0.1) is 5.92 Å². The van der Waals surface area contributed by atoms with E-state index >= 15 is 0 Å². The highest BCUT2D eigenvalue weighted by Gasteiger charge is 2.42. The Hall–Kier alpha value is -3.47. The van der Waals surface area contributed by atoms with Gasteiger partial charge in [-0.1, -0.05) is 17.8 Å². The van der Waals surface area contributed by atoms with Gasteiger partial charge in [-0.3, -0.25) is 9.59 Å². The van der Waals surface area contributed by atoms with Gasteiger partial charge in [0.15, 0.2) is 16.7 Å². The number of methoxy groups -OCH3 is 2. The number of benzene rings is 1. The van der Waals surface area contributed by atoms with Gasteiger partial charge in [0.05, 0.1) is 56.6 Å². The van der Waals surface area contributed by atoms with Crippen molar-refractivity contribution in [2.75, 3.05) is 33.9 Å². The summed E-state index contributed by atoms with van der Waals surface area (Å²) in [5, 5.41) is 2.60. The van der Waals surface area contributed by atoms with Crippen molar-refractivity contribution in [1.29, 1.82) is 0 Å². The van der Waals surface area contributed by atoms with Gasteiger partial charge in [0.2, 0.25) is 5.91 Å². The molecule has 1 unspecified atom stereocenters. The number of thioether (sulfide) groups is 1. The third kappa shape index (κ3) is 6.14. The molecule has 0 spiro atoms. The average Bonchev–Trinajstić information content (AvgIpc) is 3.33. The first kappa shape index (κ1) is 29.5. The van der Waals surface area contributed by atoms with Crippen molar-refractivity contribution in [2.24, 2.45) is 10.9 Å². The molecule has 1 amide bonds. The van der Waals surface area contributed by atoms with Crippen molar-refractivity contribution in [3.63, 3.8) is 0 Å². The highest BCUT2D eigenvalue weighted by molar-refractivity contribution is 8.16. The van der Waals surface area contributed by atoms with Crippen LogP contribution in [0.4, 0.5) is 0 Å². The number of ether oxygens (including phenoxy) is 4. The second kappa shape index (κ2) is 12.8. The summed E-state index contributed by atoms with van der Waals surface area (Å²) in [4.78, 5) is 47.4. The van der Waals surface area contributed by atoms with Crippen LogP contribution in [0.1, 0.15) is 58.6 Å². The van der Waals surface area contributed by atoms with Gasteiger partial charge in [-0.2, -0.15) is 0 Å². The fourth-order valence-corrected chi connectivity index (χ4v) is 6.10. The molecule has 40 heavy (non-hydrogen) atoms. The summed E-state index contributed by atoms with van der Waals surface area (Å²) in [6, 6.07) is 4.94. The summed E-state index contributed by atoms with van der Waals surface area (Å²) >= 11 is 1.42. The van der Waals surface area contributed by atoms with E-state index in [1.807, 2.05) is 22.4 Å². The lowest BCUT2D eigenvalue weighted by molar-refractivity contribution is -0.151. The van der Waals surface area contributed by atoms with Gasteiger partial charge >= 0.3 is 11.9 Å². The van der Waals surface area contributed by atoms with Gasteiger partial charge < -0.3 is 28.7 Å². The number of carbonyl (C=O) groups excluding carboxylic acids is 3. The minimum Gasteiger partial charge on any atom is -0.493 e. The SMILES string of the molecule is CCOC(=O)C1CCN(C(=O)CC2=CSC3=NC(C)=C(C(=O)OC(C)C)C(c4ccc(OC)c(OC)c4)N23)CC1. The number of esters is 2. The number of amides is 1. The third-order valence-electron chi connectivity index (χ3n) is 7.09. The number of carbonyl (C=O) groups is 3. The van der Waals surface area contributed by atoms with Gasteiger partial charge in [0, 0.05) is 18.8 Å². The van der Waals surface area contributed by atoms with Crippen molar-refractivity contribution in [3.05, 3.63) is 46.1 Å². The highest BCUT2D eigenvalue weighted by atomic mass is 32.2. The Bertz CT molecular complexity index is 1250. The number of rotatable bonds is 9. The molecular formula is C29H37N3O7S. The zero-order chi connectivity index (χ0) is 29.0. The Morgan fingerprint density at radius 1 is 1.10 bits per heavy atom. The maximum atomic E-state index is 13.4. The number of fused-ring (bicyclic) bond motifs is 1. The number of hydrogen-bond acceptors (Lipinski definition) is 10. The molecule has 10 nitrogen and oxygen atoms in total. The Morgan fingerprint density at radius 2 is 1.80 bits per heavy atom. The van der Waals surface area contributed by atoms with E-state index in [0.717, 1.165) is 11.3 Å². The number of allylic oxidation sites excluding steroid dienone is 1. The van der Waals surface area contributed by atoms with Gasteiger partial charge in [0.25, 0.3) is 0 Å². The first-order valence-electron chi connectivity index (χ1n) is 13.5. The molecular weight excluding hydrogens is 534 g/mol. The van der Waals surface area contributed by atoms with E-state index in [1.165, 1.54) is 11.8 Å². The van der Waals surface area contributed by atoms with E-state index in [0.29, 0.717) is 60.5 Å². The molecule has 1 saturated heterocycles. The lowest BCUT2D eigenvalue weighted by atomic mass is 9.93. The van der Waals surface area contributed by atoms with Crippen LogP contribution in [-0.4, -0.2) is 72.8 Å². The van der Waals surface area contributed by atoms with E-state index in [9.17, 15) is 14.4 Å². The minimum absolute atomic E-state index is 0.0425. The number of hydrogen-bond donors (Lipinski definition) is 0. The topological polar surface area (TPSA) is 107 Å². The Morgan fingerprint density at radius 3 is 2.42 bits per heavy atom. The first-order valence-corrected chi connectivity index (χ1v) is 14.4. The Balaban J connectivity index is 1.62. The third-order valence-corrected chi connectivity index (χ3v) is 7.98. The molecule has 1 aromatic carbocycles. The summed E-state index contributed by atoms with van der Waals surface area (Å²) in [5.41, 5.74) is 2.48. The molecule has 1 aromatic rings. The van der Waals surface area contributed by atoms with Crippen LogP contribution >= 0.6 is 11.8 Å². The van der Waals surface area contributed by atoms with E-state index < -0.39 is 12.0 Å². The summed E-state index contributed by atoms with van der Waals surface area (Å²) in [6.45, 7) is 8.54. The largest absolute Gasteiger partial charge is 0.493 e. The predicted molar refractivity (Wildman–Crippen MR) is 152 cm³/mol. The monoisotopic (exact) mass is 571 g/mol. The van der Waals surface area contributed by atoms with Crippen molar-refractivity contribution in [2.45, 2.75) is 59.1 Å². The van der Waals surface area contributed by atoms with E-state index in [1.54, 1.807) is 52.9 Å². The molecule has 0 bridgehead atoms. The molecule has 0 N–H and O–H groups in total. The summed E-state index contributed by atoms with van der Waals surface area (Å²) in [5.74, 6) is 0.215. The molecule has 3 heterocycles. The molecule has 1 fully saturated rings. The average molecular weight is 572 g/mol. The quantitative estimate of drug-likeness (QED) is 0.398. The lowest BCUT2D eigenvalue weighted by Crippen LogP contribution is -2.42. The highest BCUT2D eigenvalue weighted by Crippen LogP contribution is 2.46. The molecule has 1 atom stereocenters. The van der Waals surface area contributed by atoms with Gasteiger partial charge in [-0.05, 0) is 63.6 Å². The summed E-state index contributed by atoms with van der Waals surface area (Å²) in [7, 11) is 3.13. The molecule has 0 aromatic heterocycles. The number of piperidine rings is 1. The van der Waals surface area contributed by atoms with Gasteiger partial charge in [-0.25, -0.2) is 9.79 Å². The normalized spacial score (nSPS) is 19.2. The zero-order valence-corrected chi connectivity index (χ0v) is 24.7. The van der Waals surface area contributed by atoms with Gasteiger partial charge in [0.1, 0.15) is 0 Å². The summed E-state index contributed by atoms with van der Waals surface area (Å²) in [6.07, 6.45) is 0.976. The lowest BCUT2D eigenvalue weighted by Gasteiger charge is -2.37. The van der Waals surface area contributed by atoms with E-state index in [2.05, 4.69) is 0 Å². The van der Waals surface area contributed by atoms with E-state index in [-0.39, 0.29) is 30.3 Å². The molecule has 216 valence electrons. The number of amidine groups is 1. The fraction of sp³-hybridized carbons (Fsp3) is 0.517. The standard InChI is InChI=1S/C29H37N3O7S/c1-7-38-27(34)19-10-12-31(13-11-19)24(33)15-21-16-40-29-30-18(4)25(28(35)39-17(2)3)26(32(21)29)20-8-9-22(36-5)23(14-20)37-6/h8-9,14,16-17,19,26H,7,10-13,15H2,1-6H3. The van der Waals surface area contributed by atoms with Crippen LogP contribution in [0.3, 0.4) is 0 Å².